The van der Waals surface area contributed by atoms with E-state index in [1.165, 1.54) is 44.9 Å². The fourth-order valence-corrected chi connectivity index (χ4v) is 15.2. The molecule has 0 bridgehead atoms. The number of nitrogens with one attached hydrogen (secondary N) is 1. The van der Waals surface area contributed by atoms with E-state index in [4.69, 9.17) is 4.74 Å². The molecule has 50 heavy (non-hydrogen) atoms. The van der Waals surface area contributed by atoms with Gasteiger partial charge in [-0.25, -0.2) is 8.42 Å². The van der Waals surface area contributed by atoms with Gasteiger partial charge in [0.05, 0.1) is 23.3 Å². The molecule has 0 radical (unpaired) electrons. The molecule has 1 heterocycles. The molecule has 0 amide bonds. The van der Waals surface area contributed by atoms with Crippen LogP contribution in [0.15, 0.2) is 0 Å². The number of carbonyl (C=O) groups excluding carboxylic acids is 1. The predicted molar refractivity (Wildman–Crippen MR) is 198 cm³/mol. The van der Waals surface area contributed by atoms with E-state index in [9.17, 15) is 23.1 Å². The van der Waals surface area contributed by atoms with Gasteiger partial charge in [0.1, 0.15) is 6.10 Å². The van der Waals surface area contributed by atoms with Gasteiger partial charge in [0, 0.05) is 37.1 Å². The molecule has 2 N–H and O–H groups in total. The molecular weight excluding hydrogens is 649 g/mol. The van der Waals surface area contributed by atoms with Gasteiger partial charge in [-0.3, -0.25) is 9.59 Å². The average Bonchev–Trinajstić information content (AvgIpc) is 3.39. The van der Waals surface area contributed by atoms with Crippen LogP contribution >= 0.6 is 0 Å². The number of hydrogen-bond acceptors (Lipinski definition) is 7. The Bertz CT molecular complexity index is 1410. The van der Waals surface area contributed by atoms with E-state index in [2.05, 4.69) is 58.7 Å². The summed E-state index contributed by atoms with van der Waals surface area (Å²) in [5.74, 6) is 3.09. The Labute approximate surface area is 303 Å². The van der Waals surface area contributed by atoms with Crippen LogP contribution in [0.3, 0.4) is 0 Å². The van der Waals surface area contributed by atoms with Crippen molar-refractivity contribution in [2.75, 3.05) is 37.7 Å². The number of esters is 1. The topological polar surface area (TPSA) is 113 Å². The van der Waals surface area contributed by atoms with Crippen LogP contribution in [-0.2, 0) is 24.2 Å². The minimum absolute atomic E-state index is 0.102. The lowest BCUT2D eigenvalue weighted by molar-refractivity contribution is -0.247. The minimum Gasteiger partial charge on any atom is -0.481 e. The molecule has 5 saturated carbocycles. The number of ether oxygens (including phenoxy) is 1. The monoisotopic (exact) mass is 718 g/mol. The predicted octanol–water partition coefficient (Wildman–Crippen LogP) is 7.21. The van der Waals surface area contributed by atoms with E-state index in [0.29, 0.717) is 54.2 Å². The van der Waals surface area contributed by atoms with E-state index in [0.717, 1.165) is 38.3 Å². The van der Waals surface area contributed by atoms with Crippen molar-refractivity contribution >= 4 is 21.8 Å². The van der Waals surface area contributed by atoms with Crippen molar-refractivity contribution in [3.8, 4) is 0 Å². The Morgan fingerprint density at radius 2 is 1.56 bits per heavy atom. The number of carbonyl (C=O) groups is 2. The molecule has 1 saturated heterocycles. The maximum absolute atomic E-state index is 13.1. The lowest BCUT2D eigenvalue weighted by Crippen LogP contribution is -2.69. The van der Waals surface area contributed by atoms with Gasteiger partial charge in [0.2, 0.25) is 0 Å². The van der Waals surface area contributed by atoms with Gasteiger partial charge in [0.25, 0.3) is 0 Å². The number of carboxylic acids is 1. The van der Waals surface area contributed by atoms with Gasteiger partial charge < -0.3 is 20.1 Å². The lowest BCUT2D eigenvalue weighted by atomic mass is 9.32. The normalized spacial score (nSPS) is 44.0. The Hall–Kier alpha value is -1.19. The fraction of sp³-hybridized carbons (Fsp3) is 0.951. The second-order valence-corrected chi connectivity index (χ2v) is 22.7. The Morgan fingerprint density at radius 3 is 2.20 bits per heavy atom. The van der Waals surface area contributed by atoms with E-state index < -0.39 is 21.2 Å². The Balaban J connectivity index is 1.20. The molecule has 8 nitrogen and oxygen atoms in total. The molecule has 10 unspecified atom stereocenters. The molecule has 6 aliphatic rings. The Morgan fingerprint density at radius 1 is 0.880 bits per heavy atom. The summed E-state index contributed by atoms with van der Waals surface area (Å²) in [6.45, 7) is 23.9. The molecule has 0 aromatic rings. The van der Waals surface area contributed by atoms with Crippen LogP contribution in [0, 0.1) is 62.6 Å². The zero-order valence-corrected chi connectivity index (χ0v) is 33.7. The van der Waals surface area contributed by atoms with Crippen LogP contribution in [-0.4, -0.2) is 79.7 Å². The van der Waals surface area contributed by atoms with Gasteiger partial charge in [-0.05, 0) is 130 Å². The van der Waals surface area contributed by atoms with Gasteiger partial charge in [-0.2, -0.15) is 0 Å². The molecule has 0 aromatic carbocycles. The highest BCUT2D eigenvalue weighted by atomic mass is 32.2. The zero-order chi connectivity index (χ0) is 36.7. The summed E-state index contributed by atoms with van der Waals surface area (Å²) in [7, 11) is -2.86. The smallest absolute Gasteiger partial charge is 0.309 e. The number of carboxylic acid groups (broad SMARTS) is 1. The molecule has 10 atom stereocenters. The first-order chi connectivity index (χ1) is 23.1. The summed E-state index contributed by atoms with van der Waals surface area (Å²) in [5, 5.41) is 13.8. The number of rotatable bonds is 9. The highest BCUT2D eigenvalue weighted by Crippen LogP contribution is 2.76. The largest absolute Gasteiger partial charge is 0.481 e. The fourth-order valence-electron chi connectivity index (χ4n) is 14.0. The van der Waals surface area contributed by atoms with Crippen molar-refractivity contribution < 1.29 is 27.9 Å². The molecule has 5 aliphatic carbocycles. The van der Waals surface area contributed by atoms with Gasteiger partial charge in [0.15, 0.2) is 9.84 Å². The van der Waals surface area contributed by atoms with Crippen LogP contribution in [0.5, 0.6) is 0 Å². The molecule has 1 aliphatic heterocycles. The molecule has 6 fully saturated rings. The molecule has 286 valence electrons. The zero-order valence-electron chi connectivity index (χ0n) is 32.9. The summed E-state index contributed by atoms with van der Waals surface area (Å²) in [4.78, 5) is 27.2. The molecule has 6 rings (SSSR count). The van der Waals surface area contributed by atoms with Crippen LogP contribution in [0.2, 0.25) is 0 Å². The first-order valence-corrected chi connectivity index (χ1v) is 22.0. The number of fused-ring (bicyclic) bond motifs is 7. The van der Waals surface area contributed by atoms with Crippen molar-refractivity contribution in [2.24, 2.45) is 62.6 Å². The van der Waals surface area contributed by atoms with E-state index in [1.807, 2.05) is 0 Å². The Kier molecular flexibility index (Phi) is 10.0. The third kappa shape index (κ3) is 6.21. The van der Waals surface area contributed by atoms with Crippen molar-refractivity contribution in [2.45, 2.75) is 145 Å². The summed E-state index contributed by atoms with van der Waals surface area (Å²) < 4.78 is 30.2. The maximum Gasteiger partial charge on any atom is 0.309 e. The van der Waals surface area contributed by atoms with Gasteiger partial charge in [-0.1, -0.05) is 48.5 Å². The quantitative estimate of drug-likeness (QED) is 0.241. The van der Waals surface area contributed by atoms with Crippen molar-refractivity contribution in [1.29, 1.82) is 0 Å². The van der Waals surface area contributed by atoms with Crippen molar-refractivity contribution in [1.82, 2.24) is 10.2 Å². The molecule has 9 heteroatoms. The van der Waals surface area contributed by atoms with E-state index in [-0.39, 0.29) is 45.7 Å². The SMILES string of the molecule is CC(C)C1CCC2(NCCN3CCS(=O)(=O)CC3)CCC3(C)C(CCC4C5(C)CCC(OC(=O)CC(C)(C)C(=O)O)C(C)(C)C5CCC43C)C12. The van der Waals surface area contributed by atoms with Crippen LogP contribution in [0.25, 0.3) is 0 Å². The van der Waals surface area contributed by atoms with Crippen LogP contribution < -0.4 is 5.32 Å². The summed E-state index contributed by atoms with van der Waals surface area (Å²) in [6.07, 6.45) is 11.6. The third-order valence-electron chi connectivity index (χ3n) is 17.1. The van der Waals surface area contributed by atoms with Crippen molar-refractivity contribution in [3.05, 3.63) is 0 Å². The van der Waals surface area contributed by atoms with Crippen LogP contribution in [0.1, 0.15) is 133 Å². The summed E-state index contributed by atoms with van der Waals surface area (Å²) >= 11 is 0. The van der Waals surface area contributed by atoms with E-state index >= 15 is 0 Å². The minimum atomic E-state index is -2.86. The van der Waals surface area contributed by atoms with E-state index in [1.54, 1.807) is 13.8 Å². The summed E-state index contributed by atoms with van der Waals surface area (Å²) in [5.41, 5.74) is -0.422. The van der Waals surface area contributed by atoms with Gasteiger partial charge in [-0.15, -0.1) is 0 Å². The second kappa shape index (κ2) is 13.0. The van der Waals surface area contributed by atoms with Crippen LogP contribution in [0.4, 0.5) is 0 Å². The standard InChI is InChI=1S/C41H70N2O6S/c1-27(2)28-12-17-41(42-20-21-43-22-24-50(47,48)25-23-43)19-18-39(8)29(34(28)41)10-11-31-38(7)15-14-32(49-33(44)26-36(3,4)35(45)46)37(5,6)30(38)13-16-40(31,39)9/h27-32,34,42H,10-26H2,1-9H3,(H,45,46). The first-order valence-electron chi connectivity index (χ1n) is 20.2. The number of nitrogens with zero attached hydrogens (tertiary/aromatic N) is 1. The highest BCUT2D eigenvalue weighted by Gasteiger charge is 2.71. The second-order valence-electron chi connectivity index (χ2n) is 20.4. The highest BCUT2D eigenvalue weighted by molar-refractivity contribution is 7.91. The lowest BCUT2D eigenvalue weighted by Gasteiger charge is -2.73. The maximum atomic E-state index is 13.1. The first kappa shape index (κ1) is 38.5. The molecule has 0 spiro atoms. The number of sulfone groups is 1. The van der Waals surface area contributed by atoms with Crippen molar-refractivity contribution in [3.63, 3.8) is 0 Å². The number of aliphatic carboxylic acids is 1. The molecular formula is C41H70N2O6S. The van der Waals surface area contributed by atoms with Gasteiger partial charge >= 0.3 is 11.9 Å². The number of hydrogen-bond donors (Lipinski definition) is 2. The average molecular weight is 719 g/mol. The summed E-state index contributed by atoms with van der Waals surface area (Å²) in [6, 6.07) is 0. The molecule has 0 aromatic heterocycles. The third-order valence-corrected chi connectivity index (χ3v) is 18.7.